The molecule has 1 N–H and O–H groups in total. The molecule has 11 heteroatoms. The molecule has 0 aliphatic rings. The fourth-order valence-electron chi connectivity index (χ4n) is 2.96. The fraction of sp³-hybridized carbons (Fsp3) is 0.182. The van der Waals surface area contributed by atoms with E-state index in [1.807, 2.05) is 0 Å². The van der Waals surface area contributed by atoms with Gasteiger partial charge >= 0.3 is 5.97 Å². The van der Waals surface area contributed by atoms with Crippen LogP contribution < -0.4 is 5.32 Å². The number of nitrogens with one attached hydrogen (secondary N) is 1. The molecule has 0 atom stereocenters. The summed E-state index contributed by atoms with van der Waals surface area (Å²) < 4.78 is 5.11. The number of nitro benzene ring substituents is 1. The van der Waals surface area contributed by atoms with Crippen molar-refractivity contribution in [3.8, 4) is 17.3 Å². The zero-order valence-electron chi connectivity index (χ0n) is 17.9. The molecule has 2 aromatic heterocycles. The normalized spacial score (nSPS) is 11.0. The highest BCUT2D eigenvalue weighted by molar-refractivity contribution is 7.18. The minimum absolute atomic E-state index is 0.0235. The van der Waals surface area contributed by atoms with Gasteiger partial charge in [0.2, 0.25) is 0 Å². The van der Waals surface area contributed by atoms with Crippen LogP contribution in [0.25, 0.3) is 16.8 Å². The summed E-state index contributed by atoms with van der Waals surface area (Å²) in [6.07, 6.45) is 1.43. The lowest BCUT2D eigenvalue weighted by atomic mass is 10.1. The quantitative estimate of drug-likeness (QED) is 0.147. The number of hydrogen-bond acceptors (Lipinski definition) is 10. The lowest BCUT2D eigenvalue weighted by Gasteiger charge is -2.05. The Balaban J connectivity index is 1.90. The number of aromatic nitrogens is 1. The Morgan fingerprint density at radius 3 is 2.61 bits per heavy atom. The summed E-state index contributed by atoms with van der Waals surface area (Å²) in [7, 11) is 0. The second kappa shape index (κ2) is 10.2. The van der Waals surface area contributed by atoms with Gasteiger partial charge in [-0.2, -0.15) is 5.26 Å². The highest BCUT2D eigenvalue weighted by atomic mass is 32.1. The zero-order chi connectivity index (χ0) is 24.1. The molecule has 33 heavy (non-hydrogen) atoms. The predicted octanol–water partition coefficient (Wildman–Crippen LogP) is 5.44. The SMILES string of the molecule is CCOC(=O)c1c(NC=C(C#N)c2nc(-c3ccc([N+](=O)[O-])cc3)cs2)sc(C(C)=O)c1C. The number of hydrogen-bond donors (Lipinski definition) is 1. The first-order valence-corrected chi connectivity index (χ1v) is 11.3. The molecule has 2 heterocycles. The van der Waals surface area contributed by atoms with Crippen LogP contribution in [-0.4, -0.2) is 28.3 Å². The van der Waals surface area contributed by atoms with E-state index in [1.54, 1.807) is 31.4 Å². The van der Waals surface area contributed by atoms with E-state index in [2.05, 4.69) is 16.4 Å². The maximum absolute atomic E-state index is 12.4. The van der Waals surface area contributed by atoms with Gasteiger partial charge in [-0.1, -0.05) is 0 Å². The van der Waals surface area contributed by atoms with Crippen molar-refractivity contribution in [2.24, 2.45) is 0 Å². The molecule has 0 unspecified atom stereocenters. The van der Waals surface area contributed by atoms with Crippen molar-refractivity contribution in [1.29, 1.82) is 5.26 Å². The monoisotopic (exact) mass is 482 g/mol. The van der Waals surface area contributed by atoms with Gasteiger partial charge in [0.1, 0.15) is 21.7 Å². The Morgan fingerprint density at radius 1 is 1.33 bits per heavy atom. The van der Waals surface area contributed by atoms with Gasteiger partial charge in [-0.25, -0.2) is 9.78 Å². The van der Waals surface area contributed by atoms with Crippen molar-refractivity contribution in [1.82, 2.24) is 4.98 Å². The summed E-state index contributed by atoms with van der Waals surface area (Å²) in [5.41, 5.74) is 2.23. The van der Waals surface area contributed by atoms with E-state index in [0.717, 1.165) is 11.3 Å². The maximum Gasteiger partial charge on any atom is 0.341 e. The van der Waals surface area contributed by atoms with Crippen molar-refractivity contribution < 1.29 is 19.2 Å². The Labute approximate surface area is 197 Å². The van der Waals surface area contributed by atoms with Gasteiger partial charge in [0, 0.05) is 29.3 Å². The molecule has 0 saturated heterocycles. The first-order chi connectivity index (χ1) is 15.8. The zero-order valence-corrected chi connectivity index (χ0v) is 19.5. The number of Topliss-reactive ketones (excluding diaryl/α,β-unsaturated/α-hetero) is 1. The highest BCUT2D eigenvalue weighted by Gasteiger charge is 2.24. The first-order valence-electron chi connectivity index (χ1n) is 9.65. The van der Waals surface area contributed by atoms with Crippen LogP contribution in [0.15, 0.2) is 35.8 Å². The van der Waals surface area contributed by atoms with Crippen molar-refractivity contribution in [3.63, 3.8) is 0 Å². The molecule has 0 fully saturated rings. The Morgan fingerprint density at radius 2 is 2.03 bits per heavy atom. The maximum atomic E-state index is 12.4. The second-order valence-corrected chi connectivity index (χ2v) is 8.57. The minimum Gasteiger partial charge on any atom is -0.462 e. The molecule has 1 aromatic carbocycles. The average Bonchev–Trinajstić information content (AvgIpc) is 3.39. The van der Waals surface area contributed by atoms with Gasteiger partial charge < -0.3 is 10.1 Å². The molecule has 0 radical (unpaired) electrons. The predicted molar refractivity (Wildman–Crippen MR) is 126 cm³/mol. The number of non-ortho nitro benzene ring substituents is 1. The third kappa shape index (κ3) is 5.14. The summed E-state index contributed by atoms with van der Waals surface area (Å²) in [5, 5.41) is 26.0. The third-order valence-corrected chi connectivity index (χ3v) is 6.72. The first kappa shape index (κ1) is 23.8. The van der Waals surface area contributed by atoms with E-state index in [4.69, 9.17) is 4.74 Å². The summed E-state index contributed by atoms with van der Waals surface area (Å²) in [5.74, 6) is -0.726. The van der Waals surface area contributed by atoms with Gasteiger partial charge in [0.15, 0.2) is 5.78 Å². The number of thiazole rings is 1. The van der Waals surface area contributed by atoms with Crippen LogP contribution in [-0.2, 0) is 4.74 Å². The van der Waals surface area contributed by atoms with Crippen LogP contribution in [0, 0.1) is 28.4 Å². The number of anilines is 1. The average molecular weight is 483 g/mol. The Bertz CT molecular complexity index is 1300. The summed E-state index contributed by atoms with van der Waals surface area (Å²) in [6.45, 7) is 4.98. The highest BCUT2D eigenvalue weighted by Crippen LogP contribution is 2.35. The standard InChI is InChI=1S/C22H18N4O5S2/c1-4-31-22(28)18-12(2)19(13(3)27)33-21(18)24-10-15(9-23)20-25-17(11-32-20)14-5-7-16(8-6-14)26(29)30/h5-8,10-11,24H,4H2,1-3H3. The molecule has 168 valence electrons. The Kier molecular flexibility index (Phi) is 7.32. The van der Waals surface area contributed by atoms with E-state index in [1.165, 1.54) is 36.6 Å². The molecule has 0 aliphatic carbocycles. The largest absolute Gasteiger partial charge is 0.462 e. The van der Waals surface area contributed by atoms with Crippen LogP contribution in [0.1, 0.15) is 44.4 Å². The minimum atomic E-state index is -0.553. The van der Waals surface area contributed by atoms with Gasteiger partial charge in [0.25, 0.3) is 5.69 Å². The molecule has 0 aliphatic heterocycles. The molecule has 0 spiro atoms. The number of ether oxygens (including phenoxy) is 1. The van der Waals surface area contributed by atoms with Crippen molar-refractivity contribution >= 4 is 50.7 Å². The van der Waals surface area contributed by atoms with Gasteiger partial charge in [-0.15, -0.1) is 22.7 Å². The molecule has 0 amide bonds. The number of esters is 1. The van der Waals surface area contributed by atoms with E-state index >= 15 is 0 Å². The van der Waals surface area contributed by atoms with Crippen molar-refractivity contribution in [2.75, 3.05) is 11.9 Å². The number of carbonyl (C=O) groups is 2. The molecule has 0 saturated carbocycles. The van der Waals surface area contributed by atoms with Gasteiger partial charge in [-0.3, -0.25) is 14.9 Å². The van der Waals surface area contributed by atoms with Crippen molar-refractivity contribution in [2.45, 2.75) is 20.8 Å². The van der Waals surface area contributed by atoms with Crippen LogP contribution in [0.3, 0.4) is 0 Å². The number of allylic oxidation sites excluding steroid dienone is 1. The summed E-state index contributed by atoms with van der Waals surface area (Å²) in [6, 6.07) is 8.03. The van der Waals surface area contributed by atoms with E-state index in [0.29, 0.717) is 31.7 Å². The lowest BCUT2D eigenvalue weighted by molar-refractivity contribution is -0.384. The van der Waals surface area contributed by atoms with E-state index in [9.17, 15) is 25.0 Å². The lowest BCUT2D eigenvalue weighted by Crippen LogP contribution is -2.08. The van der Waals surface area contributed by atoms with E-state index < -0.39 is 10.9 Å². The third-order valence-electron chi connectivity index (χ3n) is 4.52. The summed E-state index contributed by atoms with van der Waals surface area (Å²) in [4.78, 5) is 39.6. The Hall–Kier alpha value is -3.88. The molecule has 3 aromatic rings. The van der Waals surface area contributed by atoms with Crippen LogP contribution in [0.2, 0.25) is 0 Å². The fourth-order valence-corrected chi connectivity index (χ4v) is 4.82. The molecular weight excluding hydrogens is 464 g/mol. The van der Waals surface area contributed by atoms with Gasteiger partial charge in [-0.05, 0) is 38.5 Å². The molecule has 3 rings (SSSR count). The number of ketones is 1. The van der Waals surface area contributed by atoms with Crippen LogP contribution in [0.4, 0.5) is 10.7 Å². The molecule has 9 nitrogen and oxygen atoms in total. The van der Waals surface area contributed by atoms with Crippen LogP contribution in [0.5, 0.6) is 0 Å². The van der Waals surface area contributed by atoms with Crippen LogP contribution >= 0.6 is 22.7 Å². The number of carbonyl (C=O) groups excluding carboxylic acids is 2. The number of nitrogens with zero attached hydrogens (tertiary/aromatic N) is 3. The van der Waals surface area contributed by atoms with Gasteiger partial charge in [0.05, 0.1) is 27.7 Å². The number of nitriles is 1. The van der Waals surface area contributed by atoms with E-state index in [-0.39, 0.29) is 29.2 Å². The molecular formula is C22H18N4O5S2. The number of rotatable bonds is 8. The number of benzene rings is 1. The molecule has 0 bridgehead atoms. The second-order valence-electron chi connectivity index (χ2n) is 6.69. The van der Waals surface area contributed by atoms with Crippen molar-refractivity contribution in [3.05, 3.63) is 67.0 Å². The summed E-state index contributed by atoms with van der Waals surface area (Å²) >= 11 is 2.35. The number of nitro groups is 1. The topological polar surface area (TPSA) is 135 Å². The number of thiophene rings is 1. The smallest absolute Gasteiger partial charge is 0.341 e.